The molecule has 1 N–H and O–H groups in total. The number of imidazole rings is 1. The third-order valence-electron chi connectivity index (χ3n) is 13.7. The Hall–Kier alpha value is -6.03. The predicted molar refractivity (Wildman–Crippen MR) is 290 cm³/mol. The molecule has 3 aromatic heterocycles. The number of fused-ring (bicyclic) bond motifs is 2. The van der Waals surface area contributed by atoms with Crippen LogP contribution in [0.5, 0.6) is 5.75 Å². The van der Waals surface area contributed by atoms with Gasteiger partial charge < -0.3 is 9.52 Å². The molecule has 0 aliphatic carbocycles. The Bertz CT molecular complexity index is 3410. The molecule has 0 amide bonds. The smallest absolute Gasteiger partial charge is 0.149 e. The molecule has 0 aliphatic heterocycles. The van der Waals surface area contributed by atoms with Crippen LogP contribution in [0.25, 0.3) is 83.8 Å². The normalized spacial score (nSPS) is 12.7. The number of benzene rings is 6. The number of aromatic hydroxyl groups is 1. The number of phenolic OH excluding ortho intramolecular Hbond substituents is 1. The largest absolute Gasteiger partial charge is 0.507 e. The molecular weight excluding hydrogens is 1040 g/mol. The van der Waals surface area contributed by atoms with Crippen molar-refractivity contribution >= 4 is 22.0 Å². The number of aromatic nitrogens is 3. The molecule has 0 unspecified atom stereocenters. The standard InChI is InChI=1S/C64H68N3O2.Pt/c1-60(2,3)41-29-31-45(50(34-41)63(10,11)12)49-38-69-56-32-40(28-30-46(49)56)52-36-43(62(7,8)9)37-53(65-52)47-25-21-27-55-57(47)66-59(48-33-42(61(4,5)6)35-51(58(48)68)64(13,14)15)67(55)54-26-20-19-24-44(54)39-22-17-16-18-23-39;/h16-31,33-38,68H,1-15H3;/q-1;. The summed E-state index contributed by atoms with van der Waals surface area (Å²) in [6, 6.07) is 48.9. The minimum absolute atomic E-state index is 0. The molecule has 9 rings (SSSR count). The molecular formula is C64H68N3O2Pt-. The third kappa shape index (κ3) is 9.47. The molecule has 0 atom stereocenters. The van der Waals surface area contributed by atoms with E-state index < -0.39 is 0 Å². The number of hydrogen-bond donors (Lipinski definition) is 1. The zero-order valence-corrected chi connectivity index (χ0v) is 46.0. The first-order valence-corrected chi connectivity index (χ1v) is 24.5. The Kier molecular flexibility index (Phi) is 12.9. The minimum atomic E-state index is -0.331. The van der Waals surface area contributed by atoms with Gasteiger partial charge in [-0.25, -0.2) is 4.98 Å². The molecule has 0 bridgehead atoms. The maximum atomic E-state index is 12.5. The van der Waals surface area contributed by atoms with Gasteiger partial charge in [0.2, 0.25) is 0 Å². The van der Waals surface area contributed by atoms with Crippen molar-refractivity contribution in [3.63, 3.8) is 0 Å². The summed E-state index contributed by atoms with van der Waals surface area (Å²) in [6.45, 7) is 33.5. The van der Waals surface area contributed by atoms with Crippen LogP contribution < -0.4 is 0 Å². The van der Waals surface area contributed by atoms with Crippen LogP contribution in [0.1, 0.15) is 132 Å². The first kappa shape index (κ1) is 50.4. The molecule has 6 heteroatoms. The van der Waals surface area contributed by atoms with Gasteiger partial charge in [-0.15, -0.1) is 17.7 Å². The van der Waals surface area contributed by atoms with E-state index in [1.165, 1.54) is 16.7 Å². The second-order valence-corrected chi connectivity index (χ2v) is 24.1. The molecule has 0 aliphatic rings. The molecule has 0 fully saturated rings. The van der Waals surface area contributed by atoms with E-state index in [1.807, 2.05) is 12.3 Å². The molecule has 5 nitrogen and oxygen atoms in total. The van der Waals surface area contributed by atoms with E-state index in [4.69, 9.17) is 14.4 Å². The van der Waals surface area contributed by atoms with Gasteiger partial charge in [-0.1, -0.05) is 206 Å². The van der Waals surface area contributed by atoms with Crippen molar-refractivity contribution in [1.29, 1.82) is 0 Å². The van der Waals surface area contributed by atoms with Crippen molar-refractivity contribution < 1.29 is 30.6 Å². The summed E-state index contributed by atoms with van der Waals surface area (Å²) in [5, 5.41) is 13.5. The van der Waals surface area contributed by atoms with E-state index in [1.54, 1.807) is 0 Å². The maximum absolute atomic E-state index is 12.5. The second kappa shape index (κ2) is 18.0. The number of hydrogen-bond acceptors (Lipinski definition) is 4. The average molecular weight is 1110 g/mol. The number of phenols is 1. The summed E-state index contributed by atoms with van der Waals surface area (Å²) in [4.78, 5) is 11.1. The van der Waals surface area contributed by atoms with Gasteiger partial charge in [0.1, 0.15) is 11.6 Å². The molecule has 362 valence electrons. The van der Waals surface area contributed by atoms with E-state index in [0.717, 1.165) is 78.0 Å². The van der Waals surface area contributed by atoms with Crippen molar-refractivity contribution in [3.8, 4) is 67.6 Å². The molecule has 0 spiro atoms. The van der Waals surface area contributed by atoms with Gasteiger partial charge in [0.25, 0.3) is 0 Å². The molecule has 6 aromatic carbocycles. The molecule has 0 saturated heterocycles. The Balaban J connectivity index is 0.00000659. The van der Waals surface area contributed by atoms with Crippen LogP contribution in [0.2, 0.25) is 0 Å². The fraction of sp³-hybridized carbons (Fsp3) is 0.312. The Morgan fingerprint density at radius 1 is 0.486 bits per heavy atom. The van der Waals surface area contributed by atoms with Crippen molar-refractivity contribution in [3.05, 3.63) is 168 Å². The third-order valence-corrected chi connectivity index (χ3v) is 13.7. The molecule has 70 heavy (non-hydrogen) atoms. The average Bonchev–Trinajstić information content (AvgIpc) is 3.89. The van der Waals surface area contributed by atoms with E-state index >= 15 is 0 Å². The Morgan fingerprint density at radius 2 is 1.09 bits per heavy atom. The first-order chi connectivity index (χ1) is 32.3. The predicted octanol–water partition coefficient (Wildman–Crippen LogP) is 17.5. The summed E-state index contributed by atoms with van der Waals surface area (Å²) in [5.74, 6) is 0.904. The molecule has 0 saturated carbocycles. The molecule has 3 heterocycles. The van der Waals surface area contributed by atoms with Gasteiger partial charge in [0.15, 0.2) is 0 Å². The van der Waals surface area contributed by atoms with Crippen molar-refractivity contribution in [2.45, 2.75) is 131 Å². The molecule has 0 radical (unpaired) electrons. The quantitative estimate of drug-likeness (QED) is 0.169. The van der Waals surface area contributed by atoms with Crippen molar-refractivity contribution in [2.24, 2.45) is 0 Å². The van der Waals surface area contributed by atoms with Crippen molar-refractivity contribution in [2.75, 3.05) is 0 Å². The van der Waals surface area contributed by atoms with Crippen LogP contribution in [0.3, 0.4) is 0 Å². The van der Waals surface area contributed by atoms with E-state index in [0.29, 0.717) is 17.0 Å². The Labute approximate surface area is 430 Å². The number of nitrogens with zero attached hydrogens (tertiary/aromatic N) is 3. The van der Waals surface area contributed by atoms with Gasteiger partial charge in [-0.05, 0) is 96.0 Å². The monoisotopic (exact) mass is 1110 g/mol. The number of rotatable bonds is 6. The van der Waals surface area contributed by atoms with Gasteiger partial charge in [0.05, 0.1) is 39.8 Å². The van der Waals surface area contributed by atoms with Crippen LogP contribution in [0.4, 0.5) is 0 Å². The van der Waals surface area contributed by atoms with Gasteiger partial charge in [0, 0.05) is 37.8 Å². The summed E-state index contributed by atoms with van der Waals surface area (Å²) < 4.78 is 8.63. The molecule has 9 aromatic rings. The van der Waals surface area contributed by atoms with E-state index in [-0.39, 0.29) is 53.9 Å². The van der Waals surface area contributed by atoms with Crippen LogP contribution in [0, 0.1) is 6.07 Å². The minimum Gasteiger partial charge on any atom is -0.507 e. The van der Waals surface area contributed by atoms with Crippen LogP contribution in [0.15, 0.2) is 138 Å². The van der Waals surface area contributed by atoms with E-state index in [2.05, 4.69) is 236 Å². The first-order valence-electron chi connectivity index (χ1n) is 24.5. The zero-order chi connectivity index (χ0) is 49.6. The SMILES string of the molecule is CC(C)(C)c1cc(-c2[c-]c3occ(-c4ccc(C(C)(C)C)cc4C(C)(C)C)c3cc2)nc(-c2cccc3c2nc(-c2cc(C(C)(C)C)cc(C(C)(C)C)c2O)n3-c2ccccc2-c2ccccc2)c1.[Pt]. The summed E-state index contributed by atoms with van der Waals surface area (Å²) >= 11 is 0. The van der Waals surface area contributed by atoms with Gasteiger partial charge in [-0.2, -0.15) is 0 Å². The van der Waals surface area contributed by atoms with Gasteiger partial charge in [-0.3, -0.25) is 9.55 Å². The maximum Gasteiger partial charge on any atom is 0.149 e. The van der Waals surface area contributed by atoms with Crippen LogP contribution in [-0.2, 0) is 48.1 Å². The number of furan rings is 1. The number of pyridine rings is 1. The fourth-order valence-electron chi connectivity index (χ4n) is 9.49. The van der Waals surface area contributed by atoms with Crippen LogP contribution in [-0.4, -0.2) is 19.6 Å². The van der Waals surface area contributed by atoms with E-state index in [9.17, 15) is 5.11 Å². The fourth-order valence-corrected chi connectivity index (χ4v) is 9.49. The second-order valence-electron chi connectivity index (χ2n) is 24.1. The van der Waals surface area contributed by atoms with Crippen LogP contribution >= 0.6 is 0 Å². The summed E-state index contributed by atoms with van der Waals surface area (Å²) in [5.41, 5.74) is 16.8. The summed E-state index contributed by atoms with van der Waals surface area (Å²) in [7, 11) is 0. The van der Waals surface area contributed by atoms with Crippen molar-refractivity contribution in [1.82, 2.24) is 14.5 Å². The summed E-state index contributed by atoms with van der Waals surface area (Å²) in [6.07, 6.45) is 1.89. The zero-order valence-electron chi connectivity index (χ0n) is 43.7. The topological polar surface area (TPSA) is 64.1 Å². The number of para-hydroxylation sites is 2. The Morgan fingerprint density at radius 3 is 1.74 bits per heavy atom. The van der Waals surface area contributed by atoms with Gasteiger partial charge >= 0.3 is 0 Å².